The number of nitrogens with zero attached hydrogens (tertiary/aromatic N) is 1. The molecular weight excluding hydrogens is 190 g/mol. The molecular formula is C12H21NS. The fourth-order valence-electron chi connectivity index (χ4n) is 1.74. The first-order valence-corrected chi connectivity index (χ1v) is 6.80. The molecule has 1 aliphatic rings. The van der Waals surface area contributed by atoms with E-state index in [1.165, 1.54) is 38.1 Å². The van der Waals surface area contributed by atoms with Crippen LogP contribution >= 0.6 is 11.8 Å². The first-order chi connectivity index (χ1) is 6.84. The molecule has 0 bridgehead atoms. The van der Waals surface area contributed by atoms with Gasteiger partial charge in [-0.2, -0.15) is 0 Å². The van der Waals surface area contributed by atoms with Crippen molar-refractivity contribution in [3.8, 4) is 11.8 Å². The average Bonchev–Trinajstić information content (AvgIpc) is 2.25. The van der Waals surface area contributed by atoms with Crippen molar-refractivity contribution in [2.24, 2.45) is 0 Å². The van der Waals surface area contributed by atoms with Gasteiger partial charge in [0.2, 0.25) is 0 Å². The monoisotopic (exact) mass is 211 g/mol. The average molecular weight is 211 g/mol. The lowest BCUT2D eigenvalue weighted by Gasteiger charge is -2.29. The van der Waals surface area contributed by atoms with Crippen molar-refractivity contribution >= 4 is 11.8 Å². The molecule has 0 spiro atoms. The molecule has 1 rings (SSSR count). The SMILES string of the molecule is CCSCC#CC(C)N1CCCCC1. The van der Waals surface area contributed by atoms with Crippen molar-refractivity contribution in [2.75, 3.05) is 24.6 Å². The first kappa shape index (κ1) is 11.9. The van der Waals surface area contributed by atoms with Crippen molar-refractivity contribution in [2.45, 2.75) is 39.2 Å². The second-order valence-electron chi connectivity index (χ2n) is 3.73. The Hall–Kier alpha value is -0.130. The van der Waals surface area contributed by atoms with Crippen molar-refractivity contribution in [1.82, 2.24) is 4.90 Å². The molecule has 0 aliphatic carbocycles. The molecule has 1 nitrogen and oxygen atoms in total. The smallest absolute Gasteiger partial charge is 0.0686 e. The maximum absolute atomic E-state index is 3.34. The zero-order chi connectivity index (χ0) is 10.2. The number of piperidine rings is 1. The minimum Gasteiger partial charge on any atom is -0.290 e. The van der Waals surface area contributed by atoms with Gasteiger partial charge < -0.3 is 0 Å². The number of hydrogen-bond donors (Lipinski definition) is 0. The molecule has 1 fully saturated rings. The number of rotatable bonds is 3. The molecule has 0 aromatic rings. The molecule has 1 saturated heterocycles. The molecule has 1 unspecified atom stereocenters. The highest BCUT2D eigenvalue weighted by Crippen LogP contribution is 2.11. The summed E-state index contributed by atoms with van der Waals surface area (Å²) in [6, 6.07) is 0.466. The second kappa shape index (κ2) is 7.20. The van der Waals surface area contributed by atoms with E-state index in [4.69, 9.17) is 0 Å². The Morgan fingerprint density at radius 3 is 2.64 bits per heavy atom. The van der Waals surface area contributed by atoms with Crippen LogP contribution in [0.1, 0.15) is 33.1 Å². The Labute approximate surface area is 92.6 Å². The molecule has 14 heavy (non-hydrogen) atoms. The van der Waals surface area contributed by atoms with Gasteiger partial charge in [-0.15, -0.1) is 11.8 Å². The molecule has 1 atom stereocenters. The summed E-state index contributed by atoms with van der Waals surface area (Å²) < 4.78 is 0. The Balaban J connectivity index is 2.23. The quantitative estimate of drug-likeness (QED) is 0.521. The summed E-state index contributed by atoms with van der Waals surface area (Å²) in [5, 5.41) is 0. The fourth-order valence-corrected chi connectivity index (χ4v) is 2.13. The van der Waals surface area contributed by atoms with Gasteiger partial charge in [0.15, 0.2) is 0 Å². The molecule has 0 N–H and O–H groups in total. The molecule has 2 heteroatoms. The van der Waals surface area contributed by atoms with Gasteiger partial charge in [-0.3, -0.25) is 4.90 Å². The maximum Gasteiger partial charge on any atom is 0.0686 e. The fraction of sp³-hybridized carbons (Fsp3) is 0.833. The van der Waals surface area contributed by atoms with Gasteiger partial charge in [-0.05, 0) is 38.6 Å². The van der Waals surface area contributed by atoms with Gasteiger partial charge in [-0.25, -0.2) is 0 Å². The van der Waals surface area contributed by atoms with Gasteiger partial charge in [0.05, 0.1) is 11.8 Å². The lowest BCUT2D eigenvalue weighted by molar-refractivity contribution is 0.206. The minimum atomic E-state index is 0.466. The molecule has 1 heterocycles. The zero-order valence-electron chi connectivity index (χ0n) is 9.38. The number of hydrogen-bond acceptors (Lipinski definition) is 2. The van der Waals surface area contributed by atoms with E-state index in [0.717, 1.165) is 5.75 Å². The third kappa shape index (κ3) is 4.39. The third-order valence-corrected chi connectivity index (χ3v) is 3.38. The number of likely N-dealkylation sites (tertiary alicyclic amines) is 1. The molecule has 80 valence electrons. The van der Waals surface area contributed by atoms with Crippen LogP contribution in [0.3, 0.4) is 0 Å². The molecule has 0 saturated carbocycles. The summed E-state index contributed by atoms with van der Waals surface area (Å²) in [6.45, 7) is 6.91. The van der Waals surface area contributed by atoms with Crippen molar-refractivity contribution in [3.05, 3.63) is 0 Å². The van der Waals surface area contributed by atoms with Crippen LogP contribution < -0.4 is 0 Å². The predicted octanol–water partition coefficient (Wildman–Crippen LogP) is 2.62. The topological polar surface area (TPSA) is 3.24 Å². The second-order valence-corrected chi connectivity index (χ2v) is 5.01. The standard InChI is InChI=1S/C12H21NS/c1-3-14-11-7-8-12(2)13-9-5-4-6-10-13/h12H,3-6,9-11H2,1-2H3. The summed E-state index contributed by atoms with van der Waals surface area (Å²) in [4.78, 5) is 2.51. The van der Waals surface area contributed by atoms with E-state index in [-0.39, 0.29) is 0 Å². The summed E-state index contributed by atoms with van der Waals surface area (Å²) in [5.41, 5.74) is 0. The van der Waals surface area contributed by atoms with E-state index < -0.39 is 0 Å². The maximum atomic E-state index is 3.34. The van der Waals surface area contributed by atoms with Crippen molar-refractivity contribution in [3.63, 3.8) is 0 Å². The van der Waals surface area contributed by atoms with Gasteiger partial charge in [0, 0.05) is 0 Å². The van der Waals surface area contributed by atoms with E-state index in [0.29, 0.717) is 6.04 Å². The van der Waals surface area contributed by atoms with Gasteiger partial charge in [0.1, 0.15) is 0 Å². The molecule has 0 radical (unpaired) electrons. The van der Waals surface area contributed by atoms with Gasteiger partial charge >= 0.3 is 0 Å². The molecule has 0 aromatic heterocycles. The largest absolute Gasteiger partial charge is 0.290 e. The highest BCUT2D eigenvalue weighted by Gasteiger charge is 2.13. The zero-order valence-corrected chi connectivity index (χ0v) is 10.2. The lowest BCUT2D eigenvalue weighted by Crippen LogP contribution is -2.36. The van der Waals surface area contributed by atoms with E-state index in [1.807, 2.05) is 11.8 Å². The highest BCUT2D eigenvalue weighted by molar-refractivity contribution is 7.99. The third-order valence-electron chi connectivity index (χ3n) is 2.63. The Morgan fingerprint density at radius 2 is 2.00 bits per heavy atom. The normalized spacial score (nSPS) is 19.9. The molecule has 1 aliphatic heterocycles. The first-order valence-electron chi connectivity index (χ1n) is 5.64. The summed E-state index contributed by atoms with van der Waals surface area (Å²) in [5.74, 6) is 8.76. The van der Waals surface area contributed by atoms with E-state index >= 15 is 0 Å². The number of thioether (sulfide) groups is 1. The summed E-state index contributed by atoms with van der Waals surface area (Å²) in [6.07, 6.45) is 4.12. The molecule has 0 amide bonds. The highest BCUT2D eigenvalue weighted by atomic mass is 32.2. The minimum absolute atomic E-state index is 0.466. The van der Waals surface area contributed by atoms with Crippen LogP contribution in [0.25, 0.3) is 0 Å². The molecule has 0 aromatic carbocycles. The Bertz CT molecular complexity index is 198. The van der Waals surface area contributed by atoms with Crippen LogP contribution in [0, 0.1) is 11.8 Å². The van der Waals surface area contributed by atoms with Crippen LogP contribution in [0.4, 0.5) is 0 Å². The van der Waals surface area contributed by atoms with Crippen LogP contribution in [-0.4, -0.2) is 35.5 Å². The van der Waals surface area contributed by atoms with Gasteiger partial charge in [0.25, 0.3) is 0 Å². The van der Waals surface area contributed by atoms with Crippen LogP contribution in [0.2, 0.25) is 0 Å². The lowest BCUT2D eigenvalue weighted by atomic mass is 10.1. The Morgan fingerprint density at radius 1 is 1.29 bits per heavy atom. The van der Waals surface area contributed by atoms with Gasteiger partial charge in [-0.1, -0.05) is 25.2 Å². The van der Waals surface area contributed by atoms with Crippen LogP contribution in [-0.2, 0) is 0 Å². The van der Waals surface area contributed by atoms with Crippen LogP contribution in [0.15, 0.2) is 0 Å². The summed E-state index contributed by atoms with van der Waals surface area (Å²) in [7, 11) is 0. The van der Waals surface area contributed by atoms with Crippen molar-refractivity contribution in [1.29, 1.82) is 0 Å². The van der Waals surface area contributed by atoms with E-state index in [9.17, 15) is 0 Å². The van der Waals surface area contributed by atoms with Crippen molar-refractivity contribution < 1.29 is 0 Å². The van der Waals surface area contributed by atoms with Crippen LogP contribution in [0.5, 0.6) is 0 Å². The van der Waals surface area contributed by atoms with E-state index in [1.54, 1.807) is 0 Å². The summed E-state index contributed by atoms with van der Waals surface area (Å²) >= 11 is 1.90. The predicted molar refractivity (Wildman–Crippen MR) is 65.7 cm³/mol. The Kier molecular flexibility index (Phi) is 6.14. The van der Waals surface area contributed by atoms with E-state index in [2.05, 4.69) is 30.6 Å².